The van der Waals surface area contributed by atoms with Crippen molar-refractivity contribution in [3.05, 3.63) is 41.7 Å². The third-order valence-electron chi connectivity index (χ3n) is 5.99. The Morgan fingerprint density at radius 2 is 1.62 bits per heavy atom. The molecule has 200 valence electrons. The Balaban J connectivity index is 1.64. The van der Waals surface area contributed by atoms with Crippen molar-refractivity contribution in [2.24, 2.45) is 0 Å². The first-order chi connectivity index (χ1) is 17.3. The third-order valence-corrected chi connectivity index (χ3v) is 5.99. The molecule has 1 fully saturated rings. The van der Waals surface area contributed by atoms with Gasteiger partial charge in [-0.3, -0.25) is 19.7 Å². The van der Waals surface area contributed by atoms with Gasteiger partial charge in [-0.1, -0.05) is 12.1 Å². The van der Waals surface area contributed by atoms with Crippen molar-refractivity contribution < 1.29 is 28.6 Å². The molecule has 11 heteroatoms. The standard InChI is InChI=1S/C26H35N5O6/c1-25(2,3)36-23(33)28-18-12-27-31-20-15-29(13-16-8-10-17(35-7)11-9-16)14-19(20)30(22(32)21(18)31)24(34)37-26(4,5)6/h8-12,19-20H,13-15H2,1-7H3,(H,28,33)/t19-,20+/m0/s1. The average molecular weight is 514 g/mol. The number of carbonyl (C=O) groups excluding carboxylic acids is 3. The van der Waals surface area contributed by atoms with E-state index in [2.05, 4.69) is 15.3 Å². The summed E-state index contributed by atoms with van der Waals surface area (Å²) in [7, 11) is 1.62. The molecule has 2 aromatic rings. The molecule has 0 aliphatic carbocycles. The minimum atomic E-state index is -0.788. The molecule has 3 heterocycles. The maximum Gasteiger partial charge on any atom is 0.417 e. The van der Waals surface area contributed by atoms with Crippen LogP contribution in [0.5, 0.6) is 5.75 Å². The van der Waals surface area contributed by atoms with E-state index < -0.39 is 35.3 Å². The summed E-state index contributed by atoms with van der Waals surface area (Å²) in [6.45, 7) is 12.1. The van der Waals surface area contributed by atoms with Crippen LogP contribution < -0.4 is 10.1 Å². The largest absolute Gasteiger partial charge is 0.497 e. The van der Waals surface area contributed by atoms with Gasteiger partial charge in [0.25, 0.3) is 5.91 Å². The van der Waals surface area contributed by atoms with Gasteiger partial charge in [0, 0.05) is 19.6 Å². The lowest BCUT2D eigenvalue weighted by Gasteiger charge is -2.36. The third kappa shape index (κ3) is 5.87. The van der Waals surface area contributed by atoms with Crippen LogP contribution in [-0.4, -0.2) is 75.1 Å². The van der Waals surface area contributed by atoms with E-state index in [9.17, 15) is 14.4 Å². The van der Waals surface area contributed by atoms with Crippen LogP contribution in [0, 0.1) is 0 Å². The van der Waals surface area contributed by atoms with E-state index in [0.29, 0.717) is 19.6 Å². The normalized spacial score (nSPS) is 19.8. The van der Waals surface area contributed by atoms with E-state index in [0.717, 1.165) is 11.3 Å². The fourth-order valence-corrected chi connectivity index (χ4v) is 4.59. The molecule has 1 aromatic heterocycles. The SMILES string of the molecule is COc1ccc(CN2C[C@@H]3[C@H](C2)N(C(=O)OC(C)(C)C)C(=O)c2c(NC(=O)OC(C)(C)C)cnn23)cc1. The summed E-state index contributed by atoms with van der Waals surface area (Å²) < 4.78 is 17.8. The molecule has 1 saturated heterocycles. The van der Waals surface area contributed by atoms with Gasteiger partial charge in [-0.15, -0.1) is 0 Å². The Kier molecular flexibility index (Phi) is 6.93. The zero-order valence-corrected chi connectivity index (χ0v) is 22.4. The van der Waals surface area contributed by atoms with E-state index in [4.69, 9.17) is 14.2 Å². The highest BCUT2D eigenvalue weighted by Gasteiger charge is 2.50. The fourth-order valence-electron chi connectivity index (χ4n) is 4.59. The average Bonchev–Trinajstić information content (AvgIpc) is 3.36. The monoisotopic (exact) mass is 513 g/mol. The van der Waals surface area contributed by atoms with Crippen LogP contribution >= 0.6 is 0 Å². The van der Waals surface area contributed by atoms with Crippen molar-refractivity contribution in [1.29, 1.82) is 0 Å². The van der Waals surface area contributed by atoms with Crippen LogP contribution in [-0.2, 0) is 16.0 Å². The van der Waals surface area contributed by atoms with Crippen molar-refractivity contribution in [3.8, 4) is 5.75 Å². The van der Waals surface area contributed by atoms with Crippen LogP contribution in [0.4, 0.5) is 15.3 Å². The second-order valence-electron chi connectivity index (χ2n) is 11.3. The summed E-state index contributed by atoms with van der Waals surface area (Å²) in [5.41, 5.74) is -0.141. The summed E-state index contributed by atoms with van der Waals surface area (Å²) >= 11 is 0. The number of methoxy groups -OCH3 is 1. The number of nitrogens with zero attached hydrogens (tertiary/aromatic N) is 4. The zero-order valence-electron chi connectivity index (χ0n) is 22.4. The van der Waals surface area contributed by atoms with Crippen LogP contribution in [0.15, 0.2) is 30.5 Å². The minimum absolute atomic E-state index is 0.115. The highest BCUT2D eigenvalue weighted by Crippen LogP contribution is 2.37. The second kappa shape index (κ2) is 9.70. The maximum absolute atomic E-state index is 13.7. The molecular weight excluding hydrogens is 478 g/mol. The number of rotatable bonds is 4. The molecule has 0 bridgehead atoms. The molecule has 2 aliphatic rings. The number of nitrogens with one attached hydrogen (secondary N) is 1. The van der Waals surface area contributed by atoms with Gasteiger partial charge < -0.3 is 14.2 Å². The van der Waals surface area contributed by atoms with Crippen LogP contribution in [0.25, 0.3) is 0 Å². The molecule has 1 N–H and O–H groups in total. The molecule has 0 saturated carbocycles. The Morgan fingerprint density at radius 3 is 2.22 bits per heavy atom. The molecular formula is C26H35N5O6. The number of anilines is 1. The first kappa shape index (κ1) is 26.5. The summed E-state index contributed by atoms with van der Waals surface area (Å²) in [4.78, 5) is 42.8. The van der Waals surface area contributed by atoms with Gasteiger partial charge in [0.15, 0.2) is 5.69 Å². The highest BCUT2D eigenvalue weighted by molar-refractivity contribution is 6.08. The quantitative estimate of drug-likeness (QED) is 0.651. The number of benzene rings is 1. The van der Waals surface area contributed by atoms with Crippen molar-refractivity contribution in [2.45, 2.75) is 71.4 Å². The van der Waals surface area contributed by atoms with E-state index >= 15 is 0 Å². The number of amides is 3. The lowest BCUT2D eigenvalue weighted by molar-refractivity contribution is 0.0102. The smallest absolute Gasteiger partial charge is 0.417 e. The van der Waals surface area contributed by atoms with Crippen LogP contribution in [0.2, 0.25) is 0 Å². The molecule has 0 unspecified atom stereocenters. The number of hydrogen-bond donors (Lipinski definition) is 1. The van der Waals surface area contributed by atoms with E-state index in [-0.39, 0.29) is 17.4 Å². The second-order valence-corrected chi connectivity index (χ2v) is 11.3. The van der Waals surface area contributed by atoms with Gasteiger partial charge in [0.05, 0.1) is 31.1 Å². The van der Waals surface area contributed by atoms with Crippen molar-refractivity contribution in [3.63, 3.8) is 0 Å². The number of hydrogen-bond acceptors (Lipinski definition) is 8. The Labute approximate surface area is 216 Å². The Morgan fingerprint density at radius 1 is 1.00 bits per heavy atom. The number of ether oxygens (including phenoxy) is 3. The summed E-state index contributed by atoms with van der Waals surface area (Å²) in [5, 5.41) is 7.05. The Bertz CT molecular complexity index is 1180. The number of carbonyl (C=O) groups is 3. The zero-order chi connectivity index (χ0) is 27.1. The number of likely N-dealkylation sites (tertiary alicyclic amines) is 1. The summed E-state index contributed by atoms with van der Waals surface area (Å²) in [6, 6.07) is 6.97. The lowest BCUT2D eigenvalue weighted by Crippen LogP contribution is -2.54. The molecule has 3 amide bonds. The van der Waals surface area contributed by atoms with E-state index in [1.54, 1.807) is 53.3 Å². The van der Waals surface area contributed by atoms with Gasteiger partial charge in [-0.05, 0) is 59.2 Å². The molecule has 0 radical (unpaired) electrons. The lowest BCUT2D eigenvalue weighted by atomic mass is 10.1. The van der Waals surface area contributed by atoms with Crippen molar-refractivity contribution >= 4 is 23.8 Å². The molecule has 0 spiro atoms. The molecule has 2 atom stereocenters. The number of imide groups is 1. The maximum atomic E-state index is 13.7. The van der Waals surface area contributed by atoms with Crippen molar-refractivity contribution in [1.82, 2.24) is 19.6 Å². The summed E-state index contributed by atoms with van der Waals surface area (Å²) in [5.74, 6) is 0.192. The molecule has 1 aromatic carbocycles. The van der Waals surface area contributed by atoms with Crippen LogP contribution in [0.3, 0.4) is 0 Å². The Hall–Kier alpha value is -3.60. The first-order valence-corrected chi connectivity index (χ1v) is 12.2. The first-order valence-electron chi connectivity index (χ1n) is 12.2. The van der Waals surface area contributed by atoms with Gasteiger partial charge >= 0.3 is 12.2 Å². The molecule has 37 heavy (non-hydrogen) atoms. The molecule has 11 nitrogen and oxygen atoms in total. The fraction of sp³-hybridized carbons (Fsp3) is 0.538. The number of fused-ring (bicyclic) bond motifs is 3. The van der Waals surface area contributed by atoms with Gasteiger partial charge in [-0.2, -0.15) is 5.10 Å². The number of aromatic nitrogens is 2. The highest BCUT2D eigenvalue weighted by atomic mass is 16.6. The molecule has 2 aliphatic heterocycles. The summed E-state index contributed by atoms with van der Waals surface area (Å²) in [6.07, 6.45) is -0.0251. The minimum Gasteiger partial charge on any atom is -0.497 e. The van der Waals surface area contributed by atoms with Crippen molar-refractivity contribution in [2.75, 3.05) is 25.5 Å². The van der Waals surface area contributed by atoms with E-state index in [1.807, 2.05) is 24.3 Å². The van der Waals surface area contributed by atoms with Crippen LogP contribution in [0.1, 0.15) is 63.6 Å². The van der Waals surface area contributed by atoms with Gasteiger partial charge in [0.1, 0.15) is 17.0 Å². The van der Waals surface area contributed by atoms with Gasteiger partial charge in [0.2, 0.25) is 0 Å². The van der Waals surface area contributed by atoms with Gasteiger partial charge in [-0.25, -0.2) is 14.5 Å². The van der Waals surface area contributed by atoms with E-state index in [1.165, 1.54) is 11.1 Å². The topological polar surface area (TPSA) is 115 Å². The predicted molar refractivity (Wildman–Crippen MR) is 136 cm³/mol. The predicted octanol–water partition coefficient (Wildman–Crippen LogP) is 4.06. The molecule has 4 rings (SSSR count).